The molecule has 1 aromatic carbocycles. The van der Waals surface area contributed by atoms with Crippen LogP contribution in [0.25, 0.3) is 0 Å². The summed E-state index contributed by atoms with van der Waals surface area (Å²) in [7, 11) is -3.62. The maximum atomic E-state index is 12.3. The Hall–Kier alpha value is -1.11. The summed E-state index contributed by atoms with van der Waals surface area (Å²) in [5.74, 6) is 0.897. The quantitative estimate of drug-likeness (QED) is 0.640. The third-order valence-electron chi connectivity index (χ3n) is 3.49. The number of benzene rings is 1. The van der Waals surface area contributed by atoms with E-state index in [-0.39, 0.29) is 17.4 Å². The van der Waals surface area contributed by atoms with Crippen LogP contribution in [0.1, 0.15) is 58.4 Å². The lowest BCUT2D eigenvalue weighted by Crippen LogP contribution is -2.30. The fourth-order valence-electron chi connectivity index (χ4n) is 2.12. The standard InChI is InChI=1S/C17H29NO4S/c1-5-6-7-10-22-17-9-8-15(11-16(17)13(2)3)23(20,21)18-12-14(4)19/h8-9,11,13-14,18-19H,5-7,10,12H2,1-4H3/t14-/m1/s1. The second-order valence-corrected chi connectivity index (χ2v) is 7.88. The molecule has 0 saturated carbocycles. The lowest BCUT2D eigenvalue weighted by molar-refractivity contribution is 0.198. The van der Waals surface area contributed by atoms with Crippen LogP contribution in [0, 0.1) is 0 Å². The maximum Gasteiger partial charge on any atom is 0.240 e. The average Bonchev–Trinajstić information content (AvgIpc) is 2.49. The van der Waals surface area contributed by atoms with E-state index < -0.39 is 16.1 Å². The molecule has 1 aromatic rings. The minimum Gasteiger partial charge on any atom is -0.493 e. The van der Waals surface area contributed by atoms with E-state index in [9.17, 15) is 13.5 Å². The minimum atomic E-state index is -3.62. The summed E-state index contributed by atoms with van der Waals surface area (Å²) >= 11 is 0. The van der Waals surface area contributed by atoms with E-state index in [1.54, 1.807) is 18.2 Å². The van der Waals surface area contributed by atoms with Crippen molar-refractivity contribution in [2.24, 2.45) is 0 Å². The Balaban J connectivity index is 2.94. The van der Waals surface area contributed by atoms with Gasteiger partial charge in [0, 0.05) is 6.54 Å². The van der Waals surface area contributed by atoms with Crippen molar-refractivity contribution >= 4 is 10.0 Å². The predicted molar refractivity (Wildman–Crippen MR) is 92.4 cm³/mol. The Bertz CT molecular complexity index is 582. The van der Waals surface area contributed by atoms with E-state index in [1.807, 2.05) is 13.8 Å². The maximum absolute atomic E-state index is 12.3. The topological polar surface area (TPSA) is 75.6 Å². The minimum absolute atomic E-state index is 0.00534. The van der Waals surface area contributed by atoms with E-state index in [2.05, 4.69) is 11.6 Å². The molecule has 0 bridgehead atoms. The Labute approximate surface area is 140 Å². The molecule has 0 heterocycles. The van der Waals surface area contributed by atoms with Crippen molar-refractivity contribution in [2.45, 2.75) is 63.9 Å². The zero-order chi connectivity index (χ0) is 17.5. The first-order chi connectivity index (χ1) is 10.8. The molecule has 2 N–H and O–H groups in total. The summed E-state index contributed by atoms with van der Waals surface area (Å²) in [5.41, 5.74) is 0.876. The second-order valence-electron chi connectivity index (χ2n) is 6.11. The highest BCUT2D eigenvalue weighted by Gasteiger charge is 2.18. The molecule has 5 nitrogen and oxygen atoms in total. The molecule has 0 aromatic heterocycles. The fourth-order valence-corrected chi connectivity index (χ4v) is 3.28. The molecule has 1 rings (SSSR count). The molecule has 0 aliphatic carbocycles. The molecular formula is C17H29NO4S. The first kappa shape index (κ1) is 19.9. The third-order valence-corrected chi connectivity index (χ3v) is 4.91. The Morgan fingerprint density at radius 2 is 1.91 bits per heavy atom. The van der Waals surface area contributed by atoms with Crippen LogP contribution in [0.15, 0.2) is 23.1 Å². The van der Waals surface area contributed by atoms with Crippen LogP contribution in [0.2, 0.25) is 0 Å². The average molecular weight is 343 g/mol. The van der Waals surface area contributed by atoms with Crippen LogP contribution in [0.3, 0.4) is 0 Å². The van der Waals surface area contributed by atoms with Gasteiger partial charge in [0.05, 0.1) is 17.6 Å². The number of sulfonamides is 1. The van der Waals surface area contributed by atoms with Crippen molar-refractivity contribution < 1.29 is 18.3 Å². The Morgan fingerprint density at radius 3 is 2.48 bits per heavy atom. The van der Waals surface area contributed by atoms with Crippen LogP contribution in [0.4, 0.5) is 0 Å². The third kappa shape index (κ3) is 6.49. The molecule has 1 atom stereocenters. The van der Waals surface area contributed by atoms with E-state index in [4.69, 9.17) is 4.74 Å². The van der Waals surface area contributed by atoms with Gasteiger partial charge in [0.2, 0.25) is 10.0 Å². The van der Waals surface area contributed by atoms with Gasteiger partial charge >= 0.3 is 0 Å². The number of ether oxygens (including phenoxy) is 1. The normalized spacial score (nSPS) is 13.3. The largest absolute Gasteiger partial charge is 0.493 e. The van der Waals surface area contributed by atoms with Crippen molar-refractivity contribution in [1.82, 2.24) is 4.72 Å². The van der Waals surface area contributed by atoms with Gasteiger partial charge in [0.15, 0.2) is 0 Å². The molecule has 0 aliphatic rings. The van der Waals surface area contributed by atoms with Gasteiger partial charge in [-0.2, -0.15) is 0 Å². The smallest absolute Gasteiger partial charge is 0.240 e. The lowest BCUT2D eigenvalue weighted by atomic mass is 10.0. The van der Waals surface area contributed by atoms with Crippen LogP contribution in [-0.2, 0) is 10.0 Å². The molecule has 0 radical (unpaired) electrons. The molecule has 0 amide bonds. The summed E-state index contributed by atoms with van der Waals surface area (Å²) in [5, 5.41) is 9.24. The number of aliphatic hydroxyl groups is 1. The molecule has 132 valence electrons. The monoisotopic (exact) mass is 343 g/mol. The summed E-state index contributed by atoms with van der Waals surface area (Å²) in [6.45, 7) is 8.32. The molecular weight excluding hydrogens is 314 g/mol. The van der Waals surface area contributed by atoms with Crippen molar-refractivity contribution in [3.63, 3.8) is 0 Å². The van der Waals surface area contributed by atoms with Gasteiger partial charge in [-0.05, 0) is 43.0 Å². The lowest BCUT2D eigenvalue weighted by Gasteiger charge is -2.16. The van der Waals surface area contributed by atoms with Crippen LogP contribution >= 0.6 is 0 Å². The molecule has 23 heavy (non-hydrogen) atoms. The SMILES string of the molecule is CCCCCOc1ccc(S(=O)(=O)NC[C@@H](C)O)cc1C(C)C. The van der Waals surface area contributed by atoms with Crippen molar-refractivity contribution in [2.75, 3.05) is 13.2 Å². The van der Waals surface area contributed by atoms with Crippen LogP contribution in [-0.4, -0.2) is 32.8 Å². The second kappa shape index (κ2) is 9.25. The number of hydrogen-bond donors (Lipinski definition) is 2. The molecule has 0 fully saturated rings. The molecule has 0 unspecified atom stereocenters. The highest BCUT2D eigenvalue weighted by atomic mass is 32.2. The van der Waals surface area contributed by atoms with Crippen molar-refractivity contribution in [3.8, 4) is 5.75 Å². The van der Waals surface area contributed by atoms with Crippen LogP contribution in [0.5, 0.6) is 5.75 Å². The van der Waals surface area contributed by atoms with E-state index >= 15 is 0 Å². The van der Waals surface area contributed by atoms with Gasteiger partial charge in [0.1, 0.15) is 5.75 Å². The Kier molecular flexibility index (Phi) is 8.02. The number of hydrogen-bond acceptors (Lipinski definition) is 4. The zero-order valence-corrected chi connectivity index (χ0v) is 15.3. The van der Waals surface area contributed by atoms with E-state index in [1.165, 1.54) is 6.92 Å². The summed E-state index contributed by atoms with van der Waals surface area (Å²) in [6.07, 6.45) is 2.51. The van der Waals surface area contributed by atoms with Gasteiger partial charge in [0.25, 0.3) is 0 Å². The summed E-state index contributed by atoms with van der Waals surface area (Å²) < 4.78 is 32.7. The van der Waals surface area contributed by atoms with Crippen molar-refractivity contribution in [3.05, 3.63) is 23.8 Å². The van der Waals surface area contributed by atoms with Gasteiger partial charge < -0.3 is 9.84 Å². The molecule has 0 saturated heterocycles. The highest BCUT2D eigenvalue weighted by Crippen LogP contribution is 2.29. The number of nitrogens with one attached hydrogen (secondary N) is 1. The zero-order valence-electron chi connectivity index (χ0n) is 14.5. The number of rotatable bonds is 10. The first-order valence-corrected chi connectivity index (χ1v) is 9.70. The number of aliphatic hydroxyl groups excluding tert-OH is 1. The predicted octanol–water partition coefficient (Wildman–Crippen LogP) is 3.04. The van der Waals surface area contributed by atoms with Gasteiger partial charge in [-0.1, -0.05) is 33.6 Å². The molecule has 6 heteroatoms. The van der Waals surface area contributed by atoms with Crippen LogP contribution < -0.4 is 9.46 Å². The fraction of sp³-hybridized carbons (Fsp3) is 0.647. The first-order valence-electron chi connectivity index (χ1n) is 8.22. The highest BCUT2D eigenvalue weighted by molar-refractivity contribution is 7.89. The summed E-state index contributed by atoms with van der Waals surface area (Å²) in [6, 6.07) is 4.92. The van der Waals surface area contributed by atoms with E-state index in [0.717, 1.165) is 30.6 Å². The molecule has 0 spiro atoms. The summed E-state index contributed by atoms with van der Waals surface area (Å²) in [4.78, 5) is 0.197. The number of unbranched alkanes of at least 4 members (excludes halogenated alkanes) is 2. The van der Waals surface area contributed by atoms with Gasteiger partial charge in [-0.25, -0.2) is 13.1 Å². The van der Waals surface area contributed by atoms with Gasteiger partial charge in [-0.15, -0.1) is 0 Å². The molecule has 0 aliphatic heterocycles. The van der Waals surface area contributed by atoms with Crippen molar-refractivity contribution in [1.29, 1.82) is 0 Å². The van der Waals surface area contributed by atoms with Gasteiger partial charge in [-0.3, -0.25) is 0 Å². The van der Waals surface area contributed by atoms with E-state index in [0.29, 0.717) is 6.61 Å². The Morgan fingerprint density at radius 1 is 1.22 bits per heavy atom.